The lowest BCUT2D eigenvalue weighted by Crippen LogP contribution is -3.00. The van der Waals surface area contributed by atoms with Gasteiger partial charge in [0.25, 0.3) is 0 Å². The maximum Gasteiger partial charge on any atom is 0.500 e. The van der Waals surface area contributed by atoms with Crippen LogP contribution in [0.1, 0.15) is 84.0 Å². The zero-order valence-electron chi connectivity index (χ0n) is 31.3. The first-order chi connectivity index (χ1) is 23.8. The zero-order valence-corrected chi connectivity index (χ0v) is 34.1. The van der Waals surface area contributed by atoms with Crippen LogP contribution >= 0.6 is 0 Å². The van der Waals surface area contributed by atoms with Gasteiger partial charge >= 0.3 is 29.5 Å². The Bertz CT molecular complexity index is 1060. The summed E-state index contributed by atoms with van der Waals surface area (Å²) in [6.07, 6.45) is 17.2. The number of quaternary nitrogens is 1. The van der Waals surface area contributed by atoms with E-state index in [4.69, 9.17) is 41.3 Å². The van der Waals surface area contributed by atoms with Crippen molar-refractivity contribution in [1.29, 1.82) is 0 Å². The monoisotopic (exact) mass is 763 g/mol. The first-order valence-electron chi connectivity index (χ1n) is 17.6. The summed E-state index contributed by atoms with van der Waals surface area (Å²) in [4.78, 5) is 30.9. The van der Waals surface area contributed by atoms with Gasteiger partial charge in [0.15, 0.2) is 0 Å². The Labute approximate surface area is 308 Å². The fourth-order valence-electron chi connectivity index (χ4n) is 5.50. The molecule has 50 heavy (non-hydrogen) atoms. The van der Waals surface area contributed by atoms with Crippen LogP contribution in [-0.4, -0.2) is 114 Å². The molecular formula is C32H62ClN7O8Si2. The van der Waals surface area contributed by atoms with E-state index in [0.717, 1.165) is 38.5 Å². The van der Waals surface area contributed by atoms with E-state index in [1.807, 2.05) is 12.5 Å². The SMILES string of the molecule is CCCCCCCCCC(=O)OCCCC[N+]1(c2nc(NCCC[Si](OC)(OC)OC)nc(NCCC[Si](OC)(OC)OC)n2)C=CN=C1.[Cl-]. The molecule has 0 bridgehead atoms. The topological polar surface area (TPSA) is 157 Å². The highest BCUT2D eigenvalue weighted by molar-refractivity contribution is 6.60. The van der Waals surface area contributed by atoms with Gasteiger partial charge in [-0.3, -0.25) is 4.79 Å². The van der Waals surface area contributed by atoms with Crippen LogP contribution in [0.2, 0.25) is 12.1 Å². The van der Waals surface area contributed by atoms with Crippen molar-refractivity contribution in [2.45, 2.75) is 96.1 Å². The minimum atomic E-state index is -2.70. The highest BCUT2D eigenvalue weighted by Crippen LogP contribution is 2.25. The number of hydrogen-bond acceptors (Lipinski definition) is 14. The summed E-state index contributed by atoms with van der Waals surface area (Å²) < 4.78 is 39.1. The first kappa shape index (κ1) is 46.0. The van der Waals surface area contributed by atoms with Crippen molar-refractivity contribution in [2.75, 3.05) is 79.5 Å². The van der Waals surface area contributed by atoms with Gasteiger partial charge in [0.2, 0.25) is 18.2 Å². The molecule has 0 fully saturated rings. The molecule has 0 saturated heterocycles. The van der Waals surface area contributed by atoms with Gasteiger partial charge in [-0.15, -0.1) is 9.97 Å². The van der Waals surface area contributed by atoms with E-state index in [-0.39, 0.29) is 22.9 Å². The Kier molecular flexibility index (Phi) is 23.7. The number of aliphatic imine (C=N–C) groups is 1. The average Bonchev–Trinajstić information content (AvgIpc) is 3.62. The molecule has 0 aliphatic carbocycles. The molecule has 1 aromatic rings. The molecule has 1 aromatic heterocycles. The van der Waals surface area contributed by atoms with Crippen LogP contribution < -0.4 is 27.5 Å². The van der Waals surface area contributed by atoms with Gasteiger partial charge in [-0.05, 0) is 25.7 Å². The molecule has 2 N–H and O–H groups in total. The Hall–Kier alpha value is -2.07. The summed E-state index contributed by atoms with van der Waals surface area (Å²) >= 11 is 0. The number of esters is 1. The van der Waals surface area contributed by atoms with Gasteiger partial charge in [0, 0.05) is 80.7 Å². The Balaban J connectivity index is 0.0000125. The lowest BCUT2D eigenvalue weighted by Gasteiger charge is -2.25. The standard InChI is InChI=1S/C32H62N7O8Si2.ClH/c1-8-9-10-11-12-13-14-19-29(40)47-25-16-15-23-39(24-22-33-28-39)32-37-30(34-20-17-26-48(41-2,42-3)43-4)36-31(38-32)35-21-18-27-49(44-5,45-6)46-7;/h22,24,28H,8-21,23,25-27H2,1-7H3,(H2,34,35,36,37,38);1H/q+1;/p-1. The fraction of sp³-hybridized carbons (Fsp3) is 0.781. The number of aromatic nitrogens is 3. The third-order valence-electron chi connectivity index (χ3n) is 8.61. The highest BCUT2D eigenvalue weighted by atomic mass is 35.5. The predicted octanol–water partition coefficient (Wildman–Crippen LogP) is 2.52. The largest absolute Gasteiger partial charge is 1.00 e. The van der Waals surface area contributed by atoms with Crippen molar-refractivity contribution in [3.63, 3.8) is 0 Å². The van der Waals surface area contributed by atoms with Crippen LogP contribution in [0.25, 0.3) is 0 Å². The molecule has 0 aromatic carbocycles. The number of anilines is 2. The summed E-state index contributed by atoms with van der Waals surface area (Å²) in [6.45, 7) is 4.40. The summed E-state index contributed by atoms with van der Waals surface area (Å²) in [6, 6.07) is 1.27. The second kappa shape index (κ2) is 25.8. The number of ether oxygens (including phenoxy) is 1. The highest BCUT2D eigenvalue weighted by Gasteiger charge is 2.38. The van der Waals surface area contributed by atoms with Gasteiger partial charge < -0.3 is 54.3 Å². The predicted molar refractivity (Wildman–Crippen MR) is 196 cm³/mol. The molecular weight excluding hydrogens is 702 g/mol. The first-order valence-corrected chi connectivity index (χ1v) is 21.5. The number of carbonyl (C=O) groups excluding carboxylic acids is 1. The van der Waals surface area contributed by atoms with Crippen LogP contribution in [0.5, 0.6) is 0 Å². The number of carbonyl (C=O) groups is 1. The minimum absolute atomic E-state index is 0. The summed E-state index contributed by atoms with van der Waals surface area (Å²) in [5.41, 5.74) is 0. The average molecular weight is 765 g/mol. The van der Waals surface area contributed by atoms with Crippen LogP contribution in [0.15, 0.2) is 17.4 Å². The molecule has 288 valence electrons. The van der Waals surface area contributed by atoms with E-state index in [1.165, 1.54) is 32.1 Å². The Morgan fingerprint density at radius 1 is 0.700 bits per heavy atom. The van der Waals surface area contributed by atoms with Crippen molar-refractivity contribution in [3.05, 3.63) is 12.4 Å². The number of unbranched alkanes of at least 4 members (excludes halogenated alkanes) is 7. The lowest BCUT2D eigenvalue weighted by atomic mass is 10.1. The van der Waals surface area contributed by atoms with E-state index >= 15 is 0 Å². The van der Waals surface area contributed by atoms with Crippen molar-refractivity contribution < 1.29 is 48.5 Å². The van der Waals surface area contributed by atoms with E-state index in [9.17, 15) is 4.79 Å². The van der Waals surface area contributed by atoms with Crippen molar-refractivity contribution in [3.8, 4) is 0 Å². The zero-order chi connectivity index (χ0) is 35.9. The summed E-state index contributed by atoms with van der Waals surface area (Å²) in [5, 5.41) is 6.68. The van der Waals surface area contributed by atoms with Crippen LogP contribution in [0.3, 0.4) is 0 Å². The number of hydrogen-bond donors (Lipinski definition) is 2. The van der Waals surface area contributed by atoms with Gasteiger partial charge in [-0.25, -0.2) is 4.99 Å². The minimum Gasteiger partial charge on any atom is -1.00 e. The molecule has 1 atom stereocenters. The van der Waals surface area contributed by atoms with Gasteiger partial charge in [0.1, 0.15) is 6.20 Å². The number of rotatable bonds is 30. The molecule has 1 aliphatic rings. The third kappa shape index (κ3) is 15.7. The van der Waals surface area contributed by atoms with Crippen LogP contribution in [0.4, 0.5) is 17.8 Å². The van der Waals surface area contributed by atoms with Crippen LogP contribution in [0, 0.1) is 0 Å². The van der Waals surface area contributed by atoms with Crippen LogP contribution in [-0.2, 0) is 36.1 Å². The van der Waals surface area contributed by atoms with Gasteiger partial charge in [-0.2, -0.15) is 9.47 Å². The van der Waals surface area contributed by atoms with E-state index in [0.29, 0.717) is 62.6 Å². The molecule has 0 saturated carbocycles. The Morgan fingerprint density at radius 2 is 1.22 bits per heavy atom. The normalized spacial score (nSPS) is 15.7. The smallest absolute Gasteiger partial charge is 0.500 e. The Morgan fingerprint density at radius 3 is 1.70 bits per heavy atom. The second-order valence-corrected chi connectivity index (χ2v) is 18.1. The van der Waals surface area contributed by atoms with Gasteiger partial charge in [0.05, 0.1) is 19.4 Å². The quantitative estimate of drug-likeness (QED) is 0.0511. The molecule has 0 spiro atoms. The molecule has 0 amide bonds. The van der Waals surface area contributed by atoms with Crippen molar-refractivity contribution in [1.82, 2.24) is 19.4 Å². The summed E-state index contributed by atoms with van der Waals surface area (Å²) in [7, 11) is 4.26. The maximum atomic E-state index is 12.2. The van der Waals surface area contributed by atoms with Gasteiger partial charge in [-0.1, -0.05) is 45.4 Å². The third-order valence-corrected chi connectivity index (χ3v) is 14.3. The fourth-order valence-corrected chi connectivity index (χ4v) is 8.94. The molecule has 2 rings (SSSR count). The van der Waals surface area contributed by atoms with Crippen molar-refractivity contribution in [2.24, 2.45) is 4.99 Å². The molecule has 15 nitrogen and oxygen atoms in total. The number of nitrogens with one attached hydrogen (secondary N) is 2. The van der Waals surface area contributed by atoms with E-state index in [2.05, 4.69) is 27.5 Å². The second-order valence-electron chi connectivity index (χ2n) is 11.9. The van der Waals surface area contributed by atoms with E-state index in [1.54, 1.807) is 48.9 Å². The lowest BCUT2D eigenvalue weighted by molar-refractivity contribution is -0.143. The number of halogens is 1. The molecule has 1 unspecified atom stereocenters. The maximum absolute atomic E-state index is 12.2. The van der Waals surface area contributed by atoms with Crippen molar-refractivity contribution >= 4 is 47.8 Å². The molecule has 18 heteroatoms. The molecule has 0 radical (unpaired) electrons. The number of nitrogens with zero attached hydrogens (tertiary/aromatic N) is 5. The molecule has 1 aliphatic heterocycles. The molecule has 2 heterocycles. The summed E-state index contributed by atoms with van der Waals surface area (Å²) in [5.74, 6) is 1.28. The van der Waals surface area contributed by atoms with E-state index < -0.39 is 17.6 Å².